The first kappa shape index (κ1) is 9.83. The number of nitrogens with one attached hydrogen (secondary N) is 1. The molecule has 0 unspecified atom stereocenters. The molecule has 0 radical (unpaired) electrons. The molecule has 7 nitrogen and oxygen atoms in total. The van der Waals surface area contributed by atoms with E-state index in [-0.39, 0.29) is 6.54 Å². The highest BCUT2D eigenvalue weighted by atomic mass is 16.4. The maximum atomic E-state index is 10.8. The summed E-state index contributed by atoms with van der Waals surface area (Å²) in [4.78, 5) is 19.8. The van der Waals surface area contributed by atoms with Gasteiger partial charge in [0.2, 0.25) is 0 Å². The molecular weight excluding hydrogens is 210 g/mol. The minimum Gasteiger partial charge on any atom is -0.406 e. The highest BCUT2D eigenvalue weighted by Crippen LogP contribution is 2.07. The summed E-state index contributed by atoms with van der Waals surface area (Å²) in [5.41, 5.74) is 9.35. The number of hydrogen-bond acceptors (Lipinski definition) is 4. The van der Waals surface area contributed by atoms with Gasteiger partial charge in [-0.1, -0.05) is 17.0 Å². The van der Waals surface area contributed by atoms with Crippen LogP contribution in [0.2, 0.25) is 0 Å². The van der Waals surface area contributed by atoms with Crippen molar-refractivity contribution in [3.63, 3.8) is 0 Å². The third-order valence-electron chi connectivity index (χ3n) is 1.72. The normalized spacial score (nSPS) is 9.25. The molecule has 2 aromatic heterocycles. The van der Waals surface area contributed by atoms with Gasteiger partial charge in [-0.05, 0) is 5.53 Å². The SMILES string of the molecule is [N-]=[N+]=NCC#Cc1cnc2[nH]c(=O)oc2c1. The highest BCUT2D eigenvalue weighted by Gasteiger charge is 2.01. The summed E-state index contributed by atoms with van der Waals surface area (Å²) < 4.78 is 4.81. The monoisotopic (exact) mass is 215 g/mol. The van der Waals surface area contributed by atoms with Gasteiger partial charge in [0.1, 0.15) is 0 Å². The van der Waals surface area contributed by atoms with Crippen LogP contribution in [0.5, 0.6) is 0 Å². The summed E-state index contributed by atoms with van der Waals surface area (Å²) in [7, 11) is 0. The Kier molecular flexibility index (Phi) is 2.59. The lowest BCUT2D eigenvalue weighted by atomic mass is 10.3. The van der Waals surface area contributed by atoms with Crippen LogP contribution in [-0.4, -0.2) is 16.5 Å². The third-order valence-corrected chi connectivity index (χ3v) is 1.72. The van der Waals surface area contributed by atoms with Gasteiger partial charge < -0.3 is 4.42 Å². The predicted molar refractivity (Wildman–Crippen MR) is 55.5 cm³/mol. The Morgan fingerprint density at radius 1 is 1.69 bits per heavy atom. The summed E-state index contributed by atoms with van der Waals surface area (Å²) >= 11 is 0. The Labute approximate surface area is 88.7 Å². The van der Waals surface area contributed by atoms with Gasteiger partial charge in [-0.15, -0.1) is 0 Å². The summed E-state index contributed by atoms with van der Waals surface area (Å²) in [6.07, 6.45) is 1.50. The molecule has 0 bridgehead atoms. The van der Waals surface area contributed by atoms with Gasteiger partial charge in [-0.3, -0.25) is 4.98 Å². The summed E-state index contributed by atoms with van der Waals surface area (Å²) in [5.74, 6) is 4.81. The number of azide groups is 1. The molecule has 2 aromatic rings. The Morgan fingerprint density at radius 3 is 3.38 bits per heavy atom. The molecule has 0 saturated carbocycles. The van der Waals surface area contributed by atoms with E-state index < -0.39 is 5.76 Å². The number of oxazole rings is 1. The molecule has 0 aliphatic rings. The van der Waals surface area contributed by atoms with Crippen LogP contribution in [0.25, 0.3) is 21.7 Å². The van der Waals surface area contributed by atoms with Crippen molar-refractivity contribution in [2.75, 3.05) is 6.54 Å². The Morgan fingerprint density at radius 2 is 2.56 bits per heavy atom. The van der Waals surface area contributed by atoms with Crippen LogP contribution in [0, 0.1) is 11.8 Å². The van der Waals surface area contributed by atoms with E-state index in [9.17, 15) is 4.79 Å². The number of nitrogens with zero attached hydrogens (tertiary/aromatic N) is 4. The zero-order valence-electron chi connectivity index (χ0n) is 7.97. The standard InChI is InChI=1S/C9H5N5O2/c10-14-12-3-1-2-6-4-7-8(11-5-6)13-9(15)16-7/h4-5H,3H2,(H,11,13,15). The maximum absolute atomic E-state index is 10.8. The average Bonchev–Trinajstić information content (AvgIpc) is 2.64. The van der Waals surface area contributed by atoms with Gasteiger partial charge in [0.25, 0.3) is 0 Å². The second-order valence-corrected chi connectivity index (χ2v) is 2.78. The van der Waals surface area contributed by atoms with Gasteiger partial charge in [-0.25, -0.2) is 9.78 Å². The average molecular weight is 215 g/mol. The van der Waals surface area contributed by atoms with Gasteiger partial charge in [0, 0.05) is 22.7 Å². The fourth-order valence-corrected chi connectivity index (χ4v) is 1.12. The first-order valence-corrected chi connectivity index (χ1v) is 4.28. The van der Waals surface area contributed by atoms with E-state index in [4.69, 9.17) is 9.95 Å². The second-order valence-electron chi connectivity index (χ2n) is 2.78. The van der Waals surface area contributed by atoms with Crippen LogP contribution >= 0.6 is 0 Å². The quantitative estimate of drug-likeness (QED) is 0.334. The van der Waals surface area contributed by atoms with Crippen molar-refractivity contribution < 1.29 is 4.42 Å². The molecule has 0 atom stereocenters. The number of H-pyrrole nitrogens is 1. The lowest BCUT2D eigenvalue weighted by molar-refractivity contribution is 0.555. The zero-order chi connectivity index (χ0) is 11.4. The highest BCUT2D eigenvalue weighted by molar-refractivity contribution is 5.68. The Bertz CT molecular complexity index is 681. The molecule has 78 valence electrons. The van der Waals surface area contributed by atoms with Crippen molar-refractivity contribution in [2.24, 2.45) is 5.11 Å². The van der Waals surface area contributed by atoms with E-state index in [0.29, 0.717) is 16.8 Å². The zero-order valence-corrected chi connectivity index (χ0v) is 7.97. The van der Waals surface area contributed by atoms with Gasteiger partial charge in [-0.2, -0.15) is 0 Å². The van der Waals surface area contributed by atoms with Crippen LogP contribution < -0.4 is 5.76 Å². The van der Waals surface area contributed by atoms with E-state index in [2.05, 4.69) is 31.8 Å². The number of aromatic nitrogens is 2. The van der Waals surface area contributed by atoms with Gasteiger partial charge in [0.05, 0.1) is 6.54 Å². The van der Waals surface area contributed by atoms with Crippen LogP contribution in [-0.2, 0) is 0 Å². The van der Waals surface area contributed by atoms with Crippen molar-refractivity contribution in [1.29, 1.82) is 0 Å². The summed E-state index contributed by atoms with van der Waals surface area (Å²) in [5, 5.41) is 3.26. The second kappa shape index (κ2) is 4.21. The molecule has 0 spiro atoms. The van der Waals surface area contributed by atoms with Crippen LogP contribution in [0.3, 0.4) is 0 Å². The summed E-state index contributed by atoms with van der Waals surface area (Å²) in [6, 6.07) is 1.59. The third kappa shape index (κ3) is 2.03. The minimum absolute atomic E-state index is 0.0889. The van der Waals surface area contributed by atoms with Crippen molar-refractivity contribution in [1.82, 2.24) is 9.97 Å². The topological polar surface area (TPSA) is 108 Å². The molecule has 16 heavy (non-hydrogen) atoms. The molecule has 0 aromatic carbocycles. The molecule has 2 rings (SSSR count). The molecule has 0 amide bonds. The fourth-order valence-electron chi connectivity index (χ4n) is 1.12. The first-order chi connectivity index (χ1) is 7.79. The van der Waals surface area contributed by atoms with E-state index in [1.165, 1.54) is 6.20 Å². The maximum Gasteiger partial charge on any atom is 0.418 e. The van der Waals surface area contributed by atoms with Crippen molar-refractivity contribution in [3.8, 4) is 11.8 Å². The largest absolute Gasteiger partial charge is 0.418 e. The van der Waals surface area contributed by atoms with E-state index in [1.807, 2.05) is 0 Å². The number of aromatic amines is 1. The van der Waals surface area contributed by atoms with E-state index >= 15 is 0 Å². The van der Waals surface area contributed by atoms with Crippen LogP contribution in [0.4, 0.5) is 0 Å². The number of rotatable bonds is 1. The van der Waals surface area contributed by atoms with Gasteiger partial charge >= 0.3 is 5.76 Å². The Balaban J connectivity index is 2.34. The molecule has 0 fully saturated rings. The number of hydrogen-bond donors (Lipinski definition) is 1. The molecule has 1 N–H and O–H groups in total. The lowest BCUT2D eigenvalue weighted by Gasteiger charge is -1.87. The molecule has 0 saturated heterocycles. The molecule has 0 aliphatic heterocycles. The molecule has 7 heteroatoms. The number of fused-ring (bicyclic) bond motifs is 1. The first-order valence-electron chi connectivity index (χ1n) is 4.28. The van der Waals surface area contributed by atoms with Gasteiger partial charge in [0.15, 0.2) is 11.2 Å². The smallest absolute Gasteiger partial charge is 0.406 e. The molecule has 2 heterocycles. The summed E-state index contributed by atoms with van der Waals surface area (Å²) in [6.45, 7) is 0.0889. The molecule has 0 aliphatic carbocycles. The fraction of sp³-hybridized carbons (Fsp3) is 0.111. The van der Waals surface area contributed by atoms with E-state index in [1.54, 1.807) is 6.07 Å². The van der Waals surface area contributed by atoms with Crippen molar-refractivity contribution in [3.05, 3.63) is 38.8 Å². The minimum atomic E-state index is -0.554. The molecular formula is C9H5N5O2. The van der Waals surface area contributed by atoms with Crippen LogP contribution in [0.15, 0.2) is 26.6 Å². The van der Waals surface area contributed by atoms with Crippen molar-refractivity contribution in [2.45, 2.75) is 0 Å². The van der Waals surface area contributed by atoms with E-state index in [0.717, 1.165) is 0 Å². The van der Waals surface area contributed by atoms with Crippen LogP contribution in [0.1, 0.15) is 5.56 Å². The number of pyridine rings is 1. The lowest BCUT2D eigenvalue weighted by Crippen LogP contribution is -1.93. The Hall–Kier alpha value is -2.71. The van der Waals surface area contributed by atoms with Crippen molar-refractivity contribution >= 4 is 11.2 Å². The predicted octanol–water partition coefficient (Wildman–Crippen LogP) is 1.18.